The Balaban J connectivity index is 2.40. The molecule has 0 aromatic heterocycles. The zero-order valence-electron chi connectivity index (χ0n) is 11.6. The number of nitrogen functional groups attached to an aromatic ring is 1. The Kier molecular flexibility index (Phi) is 4.43. The smallest absolute Gasteiger partial charge is 0.264 e. The SMILES string of the molecule is CSc1cccc(NS(=O)(=O)c2cc(N)c(C)cc2F)c1. The number of halogens is 1. The normalized spacial score (nSPS) is 11.4. The summed E-state index contributed by atoms with van der Waals surface area (Å²) in [6, 6.07) is 9.11. The molecule has 7 heteroatoms. The molecule has 0 saturated carbocycles. The molecular formula is C14H15FN2O2S2. The van der Waals surface area contributed by atoms with Gasteiger partial charge in [-0.25, -0.2) is 12.8 Å². The third-order valence-corrected chi connectivity index (χ3v) is 5.05. The summed E-state index contributed by atoms with van der Waals surface area (Å²) in [5, 5.41) is 0. The van der Waals surface area contributed by atoms with Gasteiger partial charge in [-0.1, -0.05) is 6.07 Å². The predicted molar refractivity (Wildman–Crippen MR) is 84.6 cm³/mol. The summed E-state index contributed by atoms with van der Waals surface area (Å²) in [6.45, 7) is 1.62. The minimum Gasteiger partial charge on any atom is -0.398 e. The van der Waals surface area contributed by atoms with Gasteiger partial charge in [0, 0.05) is 16.3 Å². The zero-order valence-corrected chi connectivity index (χ0v) is 13.2. The van der Waals surface area contributed by atoms with Crippen LogP contribution in [0.15, 0.2) is 46.2 Å². The number of rotatable bonds is 4. The third-order valence-electron chi connectivity index (χ3n) is 2.93. The average molecular weight is 326 g/mol. The Morgan fingerprint density at radius 3 is 2.62 bits per heavy atom. The van der Waals surface area contributed by atoms with Crippen LogP contribution in [0.1, 0.15) is 5.56 Å². The van der Waals surface area contributed by atoms with Gasteiger partial charge < -0.3 is 5.73 Å². The standard InChI is InChI=1S/C14H15FN2O2S2/c1-9-6-12(15)14(8-13(9)16)21(18,19)17-10-4-3-5-11(7-10)20-2/h3-8,17H,16H2,1-2H3. The first-order valence-corrected chi connectivity index (χ1v) is 8.77. The van der Waals surface area contributed by atoms with Gasteiger partial charge in [0.05, 0.1) is 0 Å². The van der Waals surface area contributed by atoms with Crippen molar-refractivity contribution in [1.82, 2.24) is 0 Å². The number of sulfonamides is 1. The van der Waals surface area contributed by atoms with Gasteiger partial charge in [-0.15, -0.1) is 11.8 Å². The minimum atomic E-state index is -4.02. The van der Waals surface area contributed by atoms with Crippen LogP contribution >= 0.6 is 11.8 Å². The number of hydrogen-bond donors (Lipinski definition) is 2. The van der Waals surface area contributed by atoms with Crippen molar-refractivity contribution in [2.24, 2.45) is 0 Å². The lowest BCUT2D eigenvalue weighted by Gasteiger charge is -2.11. The van der Waals surface area contributed by atoms with Gasteiger partial charge in [-0.2, -0.15) is 0 Å². The van der Waals surface area contributed by atoms with Crippen molar-refractivity contribution in [2.75, 3.05) is 16.7 Å². The molecule has 21 heavy (non-hydrogen) atoms. The van der Waals surface area contributed by atoms with Crippen LogP contribution < -0.4 is 10.5 Å². The number of nitrogens with one attached hydrogen (secondary N) is 1. The molecule has 112 valence electrons. The molecule has 0 amide bonds. The van der Waals surface area contributed by atoms with E-state index >= 15 is 0 Å². The van der Waals surface area contributed by atoms with E-state index in [-0.39, 0.29) is 5.69 Å². The summed E-state index contributed by atoms with van der Waals surface area (Å²) < 4.78 is 40.8. The molecule has 0 unspecified atom stereocenters. The Morgan fingerprint density at radius 2 is 1.95 bits per heavy atom. The van der Waals surface area contributed by atoms with Crippen molar-refractivity contribution < 1.29 is 12.8 Å². The highest BCUT2D eigenvalue weighted by atomic mass is 32.2. The fraction of sp³-hybridized carbons (Fsp3) is 0.143. The Morgan fingerprint density at radius 1 is 1.24 bits per heavy atom. The highest BCUT2D eigenvalue weighted by molar-refractivity contribution is 7.98. The van der Waals surface area contributed by atoms with E-state index in [1.165, 1.54) is 11.8 Å². The fourth-order valence-electron chi connectivity index (χ4n) is 1.77. The van der Waals surface area contributed by atoms with E-state index in [4.69, 9.17) is 5.73 Å². The highest BCUT2D eigenvalue weighted by Gasteiger charge is 2.20. The van der Waals surface area contributed by atoms with E-state index in [0.717, 1.165) is 17.0 Å². The molecule has 3 N–H and O–H groups in total. The van der Waals surface area contributed by atoms with Crippen molar-refractivity contribution >= 4 is 33.2 Å². The molecule has 2 aromatic carbocycles. The number of hydrogen-bond acceptors (Lipinski definition) is 4. The van der Waals surface area contributed by atoms with Crippen molar-refractivity contribution in [3.63, 3.8) is 0 Å². The van der Waals surface area contributed by atoms with Crippen LogP contribution in [0.4, 0.5) is 15.8 Å². The number of anilines is 2. The van der Waals surface area contributed by atoms with Crippen molar-refractivity contribution in [1.29, 1.82) is 0 Å². The Labute approximate surface area is 127 Å². The molecule has 0 saturated heterocycles. The lowest BCUT2D eigenvalue weighted by Crippen LogP contribution is -2.15. The molecule has 0 heterocycles. The summed E-state index contributed by atoms with van der Waals surface area (Å²) in [7, 11) is -4.02. The second-order valence-electron chi connectivity index (χ2n) is 4.48. The maximum atomic E-state index is 13.9. The molecule has 0 radical (unpaired) electrons. The maximum Gasteiger partial charge on any atom is 0.264 e. The molecule has 0 bridgehead atoms. The lowest BCUT2D eigenvalue weighted by atomic mass is 10.2. The first kappa shape index (κ1) is 15.7. The van der Waals surface area contributed by atoms with E-state index in [0.29, 0.717) is 11.3 Å². The first-order chi connectivity index (χ1) is 9.83. The molecule has 0 aliphatic heterocycles. The monoisotopic (exact) mass is 326 g/mol. The topological polar surface area (TPSA) is 72.2 Å². The van der Waals surface area contributed by atoms with Gasteiger partial charge in [0.15, 0.2) is 0 Å². The quantitative estimate of drug-likeness (QED) is 0.668. The van der Waals surface area contributed by atoms with Gasteiger partial charge in [0.25, 0.3) is 10.0 Å². The van der Waals surface area contributed by atoms with Gasteiger partial charge in [0.2, 0.25) is 0 Å². The van der Waals surface area contributed by atoms with E-state index in [9.17, 15) is 12.8 Å². The lowest BCUT2D eigenvalue weighted by molar-refractivity contribution is 0.570. The Hall–Kier alpha value is -1.73. The second-order valence-corrected chi connectivity index (χ2v) is 7.01. The summed E-state index contributed by atoms with van der Waals surface area (Å²) in [5.41, 5.74) is 6.77. The summed E-state index contributed by atoms with van der Waals surface area (Å²) in [5.74, 6) is -0.824. The van der Waals surface area contributed by atoms with Crippen LogP contribution in [0.2, 0.25) is 0 Å². The maximum absolute atomic E-state index is 13.9. The van der Waals surface area contributed by atoms with Crippen LogP contribution in [0.25, 0.3) is 0 Å². The van der Waals surface area contributed by atoms with Gasteiger partial charge in [-0.3, -0.25) is 4.72 Å². The fourth-order valence-corrected chi connectivity index (χ4v) is 3.38. The van der Waals surface area contributed by atoms with Crippen LogP contribution in [0, 0.1) is 12.7 Å². The molecule has 0 aliphatic rings. The number of nitrogens with two attached hydrogens (primary N) is 1. The van der Waals surface area contributed by atoms with Gasteiger partial charge in [0.1, 0.15) is 10.7 Å². The third kappa shape index (κ3) is 3.48. The van der Waals surface area contributed by atoms with Gasteiger partial charge in [-0.05, 0) is 49.1 Å². The summed E-state index contributed by atoms with van der Waals surface area (Å²) in [4.78, 5) is 0.444. The largest absolute Gasteiger partial charge is 0.398 e. The molecular weight excluding hydrogens is 311 g/mol. The van der Waals surface area contributed by atoms with Crippen molar-refractivity contribution in [2.45, 2.75) is 16.7 Å². The van der Waals surface area contributed by atoms with Crippen LogP contribution in [-0.2, 0) is 10.0 Å². The van der Waals surface area contributed by atoms with E-state index in [1.807, 2.05) is 12.3 Å². The molecule has 4 nitrogen and oxygen atoms in total. The predicted octanol–water partition coefficient (Wildman–Crippen LogP) is 3.24. The van der Waals surface area contributed by atoms with Crippen molar-refractivity contribution in [3.05, 3.63) is 47.8 Å². The summed E-state index contributed by atoms with van der Waals surface area (Å²) >= 11 is 1.48. The van der Waals surface area contributed by atoms with Gasteiger partial charge >= 0.3 is 0 Å². The number of aryl methyl sites for hydroxylation is 1. The van der Waals surface area contributed by atoms with Crippen molar-refractivity contribution in [3.8, 4) is 0 Å². The van der Waals surface area contributed by atoms with E-state index in [2.05, 4.69) is 4.72 Å². The molecule has 0 fully saturated rings. The molecule has 0 atom stereocenters. The number of thioether (sulfide) groups is 1. The average Bonchev–Trinajstić information content (AvgIpc) is 2.42. The van der Waals surface area contributed by atoms with Crippen LogP contribution in [-0.4, -0.2) is 14.7 Å². The Bertz CT molecular complexity index is 777. The first-order valence-electron chi connectivity index (χ1n) is 6.06. The highest BCUT2D eigenvalue weighted by Crippen LogP contribution is 2.25. The molecule has 2 rings (SSSR count). The van der Waals surface area contributed by atoms with Crippen LogP contribution in [0.5, 0.6) is 0 Å². The molecule has 0 aliphatic carbocycles. The van der Waals surface area contributed by atoms with E-state index in [1.54, 1.807) is 25.1 Å². The second kappa shape index (κ2) is 5.95. The zero-order chi connectivity index (χ0) is 15.6. The molecule has 2 aromatic rings. The molecule has 0 spiro atoms. The minimum absolute atomic E-state index is 0.231. The van der Waals surface area contributed by atoms with E-state index < -0.39 is 20.7 Å². The summed E-state index contributed by atoms with van der Waals surface area (Å²) in [6.07, 6.45) is 1.88. The number of benzene rings is 2. The van der Waals surface area contributed by atoms with Crippen LogP contribution in [0.3, 0.4) is 0 Å².